The van der Waals surface area contributed by atoms with E-state index in [0.717, 1.165) is 22.2 Å². The van der Waals surface area contributed by atoms with Crippen molar-refractivity contribution in [2.75, 3.05) is 20.8 Å². The standard InChI is InChI=1S/C40H46N2O8Si/c1-39(2,3)51(6,7)50-37-36(43)35(49-38(37)41-24-23-27-25-31(42(44)45)17-22-34(27)41)26-48-40(28-11-9-8-10-12-28,29-13-18-32(46-4)19-14-29)30-15-20-33(47-5)21-16-30/h8-25,35-38,43H,26H2,1-7H3/t35-,36+,37?,38-/m1/s1. The number of hydrogen-bond acceptors (Lipinski definition) is 8. The molecule has 1 saturated heterocycles. The van der Waals surface area contributed by atoms with E-state index in [9.17, 15) is 15.2 Å². The summed E-state index contributed by atoms with van der Waals surface area (Å²) >= 11 is 0. The Bertz CT molecular complexity index is 1910. The first-order valence-electron chi connectivity index (χ1n) is 17.0. The molecule has 10 nitrogen and oxygen atoms in total. The number of benzene rings is 4. The van der Waals surface area contributed by atoms with Crippen LogP contribution in [-0.4, -0.2) is 62.1 Å². The third-order valence-corrected chi connectivity index (χ3v) is 14.8. The highest BCUT2D eigenvalue weighted by Crippen LogP contribution is 2.45. The molecule has 5 aromatic rings. The molecule has 0 saturated carbocycles. The minimum Gasteiger partial charge on any atom is -0.497 e. The predicted molar refractivity (Wildman–Crippen MR) is 199 cm³/mol. The first-order chi connectivity index (χ1) is 24.3. The average Bonchev–Trinajstić information content (AvgIpc) is 3.68. The molecule has 268 valence electrons. The summed E-state index contributed by atoms with van der Waals surface area (Å²) in [6.45, 7) is 10.8. The van der Waals surface area contributed by atoms with Gasteiger partial charge in [-0.05, 0) is 71.2 Å². The number of non-ortho nitro benzene ring substituents is 1. The molecule has 6 rings (SSSR count). The van der Waals surface area contributed by atoms with Gasteiger partial charge in [-0.3, -0.25) is 10.1 Å². The van der Waals surface area contributed by atoms with E-state index < -0.39 is 43.4 Å². The monoisotopic (exact) mass is 710 g/mol. The fourth-order valence-corrected chi connectivity index (χ4v) is 7.78. The molecule has 1 unspecified atom stereocenters. The molecule has 1 aromatic heterocycles. The second-order valence-electron chi connectivity index (χ2n) is 14.4. The van der Waals surface area contributed by atoms with Gasteiger partial charge in [-0.2, -0.15) is 0 Å². The number of nitrogens with zero attached hydrogens (tertiary/aromatic N) is 2. The van der Waals surface area contributed by atoms with Gasteiger partial charge in [0.1, 0.15) is 35.4 Å². The number of nitro groups is 1. The Labute approximate surface area is 299 Å². The van der Waals surface area contributed by atoms with Gasteiger partial charge in [0.15, 0.2) is 14.5 Å². The molecule has 0 amide bonds. The number of fused-ring (bicyclic) bond motifs is 1. The second kappa shape index (κ2) is 14.2. The Balaban J connectivity index is 1.43. The van der Waals surface area contributed by atoms with Crippen molar-refractivity contribution in [3.63, 3.8) is 0 Å². The van der Waals surface area contributed by atoms with Gasteiger partial charge in [0, 0.05) is 23.7 Å². The minimum absolute atomic E-state index is 0.00212. The van der Waals surface area contributed by atoms with Crippen LogP contribution in [0.5, 0.6) is 11.5 Å². The van der Waals surface area contributed by atoms with E-state index in [1.807, 2.05) is 95.7 Å². The van der Waals surface area contributed by atoms with Gasteiger partial charge in [-0.15, -0.1) is 0 Å². The normalized spacial score (nSPS) is 19.7. The Hall–Kier alpha value is -4.52. The molecule has 0 aliphatic carbocycles. The molecule has 4 atom stereocenters. The van der Waals surface area contributed by atoms with Crippen LogP contribution in [0.15, 0.2) is 109 Å². The zero-order chi connectivity index (χ0) is 36.6. The van der Waals surface area contributed by atoms with Crippen LogP contribution in [0.1, 0.15) is 43.7 Å². The molecule has 1 fully saturated rings. The highest BCUT2D eigenvalue weighted by molar-refractivity contribution is 6.74. The van der Waals surface area contributed by atoms with Crippen LogP contribution >= 0.6 is 0 Å². The quantitative estimate of drug-likeness (QED) is 0.0596. The lowest BCUT2D eigenvalue weighted by Crippen LogP contribution is -2.49. The van der Waals surface area contributed by atoms with Gasteiger partial charge < -0.3 is 33.0 Å². The molecule has 11 heteroatoms. The van der Waals surface area contributed by atoms with Crippen molar-refractivity contribution < 1.29 is 33.4 Å². The summed E-state index contributed by atoms with van der Waals surface area (Å²) in [5, 5.41) is 24.2. The van der Waals surface area contributed by atoms with Crippen LogP contribution in [0.4, 0.5) is 5.69 Å². The fourth-order valence-electron chi connectivity index (χ4n) is 6.49. The highest BCUT2D eigenvalue weighted by atomic mass is 28.4. The number of rotatable bonds is 12. The van der Waals surface area contributed by atoms with Gasteiger partial charge in [0.25, 0.3) is 5.69 Å². The molecule has 4 aromatic carbocycles. The van der Waals surface area contributed by atoms with E-state index in [2.05, 4.69) is 33.9 Å². The average molecular weight is 711 g/mol. The summed E-state index contributed by atoms with van der Waals surface area (Å²) < 4.78 is 33.7. The van der Waals surface area contributed by atoms with Crippen LogP contribution in [-0.2, 0) is 19.5 Å². The molecule has 1 N–H and O–H groups in total. The summed E-state index contributed by atoms with van der Waals surface area (Å²) in [5.74, 6) is 1.42. The Morgan fingerprint density at radius 3 is 1.94 bits per heavy atom. The van der Waals surface area contributed by atoms with E-state index in [1.165, 1.54) is 6.07 Å². The van der Waals surface area contributed by atoms with Gasteiger partial charge in [-0.25, -0.2) is 0 Å². The Kier molecular flexibility index (Phi) is 10.1. The molecule has 2 heterocycles. The Morgan fingerprint density at radius 2 is 1.41 bits per heavy atom. The van der Waals surface area contributed by atoms with Crippen LogP contribution in [0.25, 0.3) is 10.9 Å². The number of aromatic nitrogens is 1. The lowest BCUT2D eigenvalue weighted by molar-refractivity contribution is -0.384. The van der Waals surface area contributed by atoms with E-state index >= 15 is 0 Å². The largest absolute Gasteiger partial charge is 0.497 e. The van der Waals surface area contributed by atoms with Crippen molar-refractivity contribution in [3.8, 4) is 11.5 Å². The predicted octanol–water partition coefficient (Wildman–Crippen LogP) is 8.22. The maximum atomic E-state index is 12.1. The first-order valence-corrected chi connectivity index (χ1v) is 19.9. The van der Waals surface area contributed by atoms with Crippen molar-refractivity contribution in [3.05, 3.63) is 136 Å². The van der Waals surface area contributed by atoms with Crippen molar-refractivity contribution >= 4 is 24.9 Å². The SMILES string of the molecule is COc1ccc(C(OC[C@H]2O[C@@H](n3ccc4cc([N+](=O)[O-])ccc43)C(O[Si](C)(C)C(C)(C)C)[C@H]2O)(c2ccccc2)c2ccc(OC)cc2)cc1. The minimum atomic E-state index is -2.43. The molecule has 1 aliphatic heterocycles. The number of methoxy groups -OCH3 is 2. The zero-order valence-corrected chi connectivity index (χ0v) is 31.1. The van der Waals surface area contributed by atoms with E-state index in [-0.39, 0.29) is 17.3 Å². The van der Waals surface area contributed by atoms with Crippen LogP contribution in [0.2, 0.25) is 18.1 Å². The molecule has 51 heavy (non-hydrogen) atoms. The molecule has 0 bridgehead atoms. The van der Waals surface area contributed by atoms with Crippen LogP contribution < -0.4 is 9.47 Å². The molecular weight excluding hydrogens is 665 g/mol. The molecule has 0 spiro atoms. The van der Waals surface area contributed by atoms with Gasteiger partial charge in [0.2, 0.25) is 0 Å². The van der Waals surface area contributed by atoms with E-state index in [0.29, 0.717) is 16.9 Å². The van der Waals surface area contributed by atoms with Crippen molar-refractivity contribution in [2.24, 2.45) is 0 Å². The van der Waals surface area contributed by atoms with Crippen molar-refractivity contribution in [2.45, 2.75) is 69.0 Å². The van der Waals surface area contributed by atoms with E-state index in [1.54, 1.807) is 26.4 Å². The summed E-state index contributed by atoms with van der Waals surface area (Å²) in [4.78, 5) is 11.1. The van der Waals surface area contributed by atoms with Crippen LogP contribution in [0, 0.1) is 10.1 Å². The Morgan fingerprint density at radius 1 is 0.843 bits per heavy atom. The molecular formula is C40H46N2O8Si. The van der Waals surface area contributed by atoms with Gasteiger partial charge in [0.05, 0.1) is 31.3 Å². The van der Waals surface area contributed by atoms with Crippen molar-refractivity contribution in [1.29, 1.82) is 0 Å². The lowest BCUT2D eigenvalue weighted by atomic mass is 9.80. The summed E-state index contributed by atoms with van der Waals surface area (Å²) in [6.07, 6.45) is -1.48. The topological polar surface area (TPSA) is 114 Å². The van der Waals surface area contributed by atoms with E-state index in [4.69, 9.17) is 23.4 Å². The third kappa shape index (κ3) is 6.92. The maximum absolute atomic E-state index is 12.1. The molecule has 0 radical (unpaired) electrons. The molecule has 1 aliphatic rings. The number of ether oxygens (including phenoxy) is 4. The van der Waals surface area contributed by atoms with Gasteiger partial charge in [-0.1, -0.05) is 75.4 Å². The number of aliphatic hydroxyl groups excluding tert-OH is 1. The second-order valence-corrected chi connectivity index (χ2v) is 19.2. The zero-order valence-electron chi connectivity index (χ0n) is 30.1. The summed E-state index contributed by atoms with van der Waals surface area (Å²) in [7, 11) is 0.832. The highest BCUT2D eigenvalue weighted by Gasteiger charge is 2.51. The third-order valence-electron chi connectivity index (χ3n) is 10.4. The fraction of sp³-hybridized carbons (Fsp3) is 0.350. The van der Waals surface area contributed by atoms with Crippen LogP contribution in [0.3, 0.4) is 0 Å². The van der Waals surface area contributed by atoms with Gasteiger partial charge >= 0.3 is 0 Å². The lowest BCUT2D eigenvalue weighted by Gasteiger charge is -2.40. The first kappa shape index (κ1) is 36.3. The summed E-state index contributed by atoms with van der Waals surface area (Å²) in [5.41, 5.74) is 2.22. The van der Waals surface area contributed by atoms with Crippen molar-refractivity contribution in [1.82, 2.24) is 4.57 Å². The number of nitro benzene ring substituents is 1. The summed E-state index contributed by atoms with van der Waals surface area (Å²) in [6, 6.07) is 32.1. The smallest absolute Gasteiger partial charge is 0.270 e. The number of hydrogen-bond donors (Lipinski definition) is 1. The maximum Gasteiger partial charge on any atom is 0.270 e. The number of aliphatic hydroxyl groups is 1.